The number of hydrogen-bond acceptors (Lipinski definition) is 3. The van der Waals surface area contributed by atoms with E-state index in [-0.39, 0.29) is 17.2 Å². The van der Waals surface area contributed by atoms with E-state index in [2.05, 4.69) is 23.7 Å². The smallest absolute Gasteiger partial charge is 0.233 e. The Morgan fingerprint density at radius 1 is 1.29 bits per heavy atom. The third-order valence-corrected chi connectivity index (χ3v) is 5.19. The summed E-state index contributed by atoms with van der Waals surface area (Å²) in [4.78, 5) is 16.8. The molecule has 1 aliphatic rings. The number of carbonyl (C=O) groups is 1. The van der Waals surface area contributed by atoms with Crippen LogP contribution < -0.4 is 5.32 Å². The van der Waals surface area contributed by atoms with Gasteiger partial charge in [0.15, 0.2) is 5.16 Å². The van der Waals surface area contributed by atoms with Crippen molar-refractivity contribution in [3.8, 4) is 0 Å². The van der Waals surface area contributed by atoms with E-state index in [1.54, 1.807) is 11.8 Å². The summed E-state index contributed by atoms with van der Waals surface area (Å²) in [6.45, 7) is 10.1. The number of amides is 1. The molecule has 0 saturated heterocycles. The van der Waals surface area contributed by atoms with Gasteiger partial charge >= 0.3 is 0 Å². The van der Waals surface area contributed by atoms with Crippen molar-refractivity contribution in [1.82, 2.24) is 14.9 Å². The average molecular weight is 309 g/mol. The minimum Gasteiger partial charge on any atom is -0.353 e. The molecule has 1 aromatic rings. The van der Waals surface area contributed by atoms with E-state index in [0.29, 0.717) is 6.04 Å². The van der Waals surface area contributed by atoms with Gasteiger partial charge in [-0.2, -0.15) is 0 Å². The lowest BCUT2D eigenvalue weighted by atomic mass is 10.2. The highest BCUT2D eigenvalue weighted by molar-refractivity contribution is 8.00. The van der Waals surface area contributed by atoms with Gasteiger partial charge in [0.2, 0.25) is 5.91 Å². The third-order valence-electron chi connectivity index (χ3n) is 4.13. The molecule has 1 saturated carbocycles. The van der Waals surface area contributed by atoms with Crippen molar-refractivity contribution < 1.29 is 4.79 Å². The number of aryl methyl sites for hydroxylation is 1. The first-order chi connectivity index (χ1) is 9.90. The first-order valence-corrected chi connectivity index (χ1v) is 8.80. The van der Waals surface area contributed by atoms with Gasteiger partial charge in [-0.05, 0) is 47.5 Å². The Morgan fingerprint density at radius 2 is 1.90 bits per heavy atom. The fourth-order valence-electron chi connectivity index (χ4n) is 2.89. The van der Waals surface area contributed by atoms with Crippen molar-refractivity contribution in [3.63, 3.8) is 0 Å². The summed E-state index contributed by atoms with van der Waals surface area (Å²) < 4.78 is 2.37. The Labute approximate surface area is 132 Å². The van der Waals surface area contributed by atoms with Crippen molar-refractivity contribution in [1.29, 1.82) is 0 Å². The molecule has 0 radical (unpaired) electrons. The highest BCUT2D eigenvalue weighted by Crippen LogP contribution is 2.36. The largest absolute Gasteiger partial charge is 0.353 e. The summed E-state index contributed by atoms with van der Waals surface area (Å²) in [6.07, 6.45) is 5.07. The zero-order valence-corrected chi connectivity index (χ0v) is 14.6. The van der Waals surface area contributed by atoms with E-state index in [9.17, 15) is 4.79 Å². The van der Waals surface area contributed by atoms with Gasteiger partial charge in [-0.1, -0.05) is 24.6 Å². The Balaban J connectivity index is 2.16. The molecule has 0 aliphatic heterocycles. The van der Waals surface area contributed by atoms with Crippen LogP contribution in [0.25, 0.3) is 0 Å². The summed E-state index contributed by atoms with van der Waals surface area (Å²) in [5.41, 5.74) is 2.33. The Morgan fingerprint density at radius 3 is 2.48 bits per heavy atom. The predicted molar refractivity (Wildman–Crippen MR) is 87.8 cm³/mol. The topological polar surface area (TPSA) is 46.9 Å². The summed E-state index contributed by atoms with van der Waals surface area (Å²) in [5, 5.41) is 3.86. The molecule has 118 valence electrons. The van der Waals surface area contributed by atoms with Crippen molar-refractivity contribution in [2.24, 2.45) is 0 Å². The standard InChI is InChI=1S/C16H27N3OS/c1-10(2)17-15(20)13(5)21-16-18-11(3)12(4)19(16)14-8-6-7-9-14/h10,13-14H,6-9H2,1-5H3,(H,17,20)/t13-/m1/s1. The molecule has 2 rings (SSSR count). The molecule has 1 heterocycles. The van der Waals surface area contributed by atoms with Crippen LogP contribution in [0.15, 0.2) is 5.16 Å². The number of hydrogen-bond donors (Lipinski definition) is 1. The van der Waals surface area contributed by atoms with Crippen LogP contribution in [0.4, 0.5) is 0 Å². The number of imidazole rings is 1. The van der Waals surface area contributed by atoms with E-state index >= 15 is 0 Å². The molecule has 1 amide bonds. The molecule has 5 heteroatoms. The Bertz CT molecular complexity index is 504. The van der Waals surface area contributed by atoms with Crippen LogP contribution in [0.2, 0.25) is 0 Å². The maximum absolute atomic E-state index is 12.1. The zero-order chi connectivity index (χ0) is 15.6. The third kappa shape index (κ3) is 3.82. The highest BCUT2D eigenvalue weighted by Gasteiger charge is 2.25. The van der Waals surface area contributed by atoms with Crippen LogP contribution in [0.3, 0.4) is 0 Å². The lowest BCUT2D eigenvalue weighted by molar-refractivity contribution is -0.120. The molecule has 0 spiro atoms. The molecular weight excluding hydrogens is 282 g/mol. The number of rotatable bonds is 5. The summed E-state index contributed by atoms with van der Waals surface area (Å²) in [5.74, 6) is 0.0891. The average Bonchev–Trinajstić information content (AvgIpc) is 2.98. The Hall–Kier alpha value is -0.970. The van der Waals surface area contributed by atoms with Crippen LogP contribution in [0.1, 0.15) is 63.9 Å². The molecule has 0 aromatic carbocycles. The molecule has 1 aliphatic carbocycles. The highest BCUT2D eigenvalue weighted by atomic mass is 32.2. The molecule has 0 bridgehead atoms. The molecule has 1 aromatic heterocycles. The summed E-state index contributed by atoms with van der Waals surface area (Å²) >= 11 is 1.58. The van der Waals surface area contributed by atoms with E-state index in [1.165, 1.54) is 31.4 Å². The number of aromatic nitrogens is 2. The second-order valence-electron chi connectivity index (χ2n) is 6.30. The molecule has 21 heavy (non-hydrogen) atoms. The maximum Gasteiger partial charge on any atom is 0.233 e. The second-order valence-corrected chi connectivity index (χ2v) is 7.60. The lowest BCUT2D eigenvalue weighted by Gasteiger charge is -2.19. The van der Waals surface area contributed by atoms with Crippen molar-refractivity contribution in [3.05, 3.63) is 11.4 Å². The van der Waals surface area contributed by atoms with Crippen molar-refractivity contribution >= 4 is 17.7 Å². The van der Waals surface area contributed by atoms with E-state index in [1.807, 2.05) is 20.8 Å². The van der Waals surface area contributed by atoms with Crippen LogP contribution >= 0.6 is 11.8 Å². The van der Waals surface area contributed by atoms with Gasteiger partial charge in [0.05, 0.1) is 10.9 Å². The van der Waals surface area contributed by atoms with Crippen LogP contribution in [-0.2, 0) is 4.79 Å². The fourth-order valence-corrected chi connectivity index (χ4v) is 3.97. The van der Waals surface area contributed by atoms with Crippen molar-refractivity contribution in [2.75, 3.05) is 0 Å². The van der Waals surface area contributed by atoms with E-state index < -0.39 is 0 Å². The molecule has 4 nitrogen and oxygen atoms in total. The summed E-state index contributed by atoms with van der Waals surface area (Å²) in [7, 11) is 0. The zero-order valence-electron chi connectivity index (χ0n) is 13.8. The lowest BCUT2D eigenvalue weighted by Crippen LogP contribution is -2.36. The first-order valence-electron chi connectivity index (χ1n) is 7.92. The SMILES string of the molecule is Cc1nc(S[C@H](C)C(=O)NC(C)C)n(C2CCCC2)c1C. The molecule has 1 fully saturated rings. The van der Waals surface area contributed by atoms with Gasteiger partial charge in [-0.15, -0.1) is 0 Å². The van der Waals surface area contributed by atoms with Crippen LogP contribution in [0, 0.1) is 13.8 Å². The number of nitrogens with zero attached hydrogens (tertiary/aromatic N) is 2. The molecule has 1 N–H and O–H groups in total. The first kappa shape index (κ1) is 16.4. The fraction of sp³-hybridized carbons (Fsp3) is 0.750. The van der Waals surface area contributed by atoms with E-state index in [0.717, 1.165) is 10.9 Å². The van der Waals surface area contributed by atoms with Gasteiger partial charge in [0.1, 0.15) is 0 Å². The Kier molecular flexibility index (Phi) is 5.36. The number of thioether (sulfide) groups is 1. The number of carbonyl (C=O) groups excluding carboxylic acids is 1. The van der Waals surface area contributed by atoms with Crippen molar-refractivity contribution in [2.45, 2.75) is 82.8 Å². The second kappa shape index (κ2) is 6.86. The van der Waals surface area contributed by atoms with Gasteiger partial charge < -0.3 is 9.88 Å². The minimum atomic E-state index is -0.117. The number of nitrogens with one attached hydrogen (secondary N) is 1. The predicted octanol–water partition coefficient (Wildman–Crippen LogP) is 3.62. The van der Waals surface area contributed by atoms with Gasteiger partial charge in [-0.25, -0.2) is 4.98 Å². The molecule has 0 unspecified atom stereocenters. The quantitative estimate of drug-likeness (QED) is 0.845. The van der Waals surface area contributed by atoms with Gasteiger partial charge in [-0.3, -0.25) is 4.79 Å². The minimum absolute atomic E-state index is 0.0891. The molecular formula is C16H27N3OS. The summed E-state index contributed by atoms with van der Waals surface area (Å²) in [6, 6.07) is 0.743. The van der Waals surface area contributed by atoms with Gasteiger partial charge in [0.25, 0.3) is 0 Å². The monoisotopic (exact) mass is 309 g/mol. The van der Waals surface area contributed by atoms with Crippen LogP contribution in [-0.4, -0.2) is 26.8 Å². The normalized spacial score (nSPS) is 17.4. The maximum atomic E-state index is 12.1. The van der Waals surface area contributed by atoms with E-state index in [4.69, 9.17) is 4.98 Å². The molecule has 1 atom stereocenters. The van der Waals surface area contributed by atoms with Gasteiger partial charge in [0, 0.05) is 17.8 Å². The van der Waals surface area contributed by atoms with Crippen LogP contribution in [0.5, 0.6) is 0 Å².